The van der Waals surface area contributed by atoms with Gasteiger partial charge in [-0.15, -0.1) is 11.8 Å². The van der Waals surface area contributed by atoms with Crippen molar-refractivity contribution < 1.29 is 9.59 Å². The van der Waals surface area contributed by atoms with Crippen molar-refractivity contribution in [2.24, 2.45) is 5.92 Å². The molecule has 0 aromatic heterocycles. The van der Waals surface area contributed by atoms with E-state index in [0.29, 0.717) is 6.54 Å². The van der Waals surface area contributed by atoms with E-state index in [1.165, 1.54) is 0 Å². The van der Waals surface area contributed by atoms with Gasteiger partial charge >= 0.3 is 0 Å². The number of amides is 2. The van der Waals surface area contributed by atoms with E-state index in [1.54, 1.807) is 16.7 Å². The zero-order valence-corrected chi connectivity index (χ0v) is 13.7. The number of hydrogen-bond donors (Lipinski definition) is 1. The summed E-state index contributed by atoms with van der Waals surface area (Å²) in [4.78, 5) is 27.4. The van der Waals surface area contributed by atoms with E-state index in [0.717, 1.165) is 16.3 Å². The van der Waals surface area contributed by atoms with Gasteiger partial charge in [-0.1, -0.05) is 24.3 Å². The lowest BCUT2D eigenvalue weighted by Gasteiger charge is -2.16. The Balaban J connectivity index is 1.68. The minimum absolute atomic E-state index is 0.00536. The highest BCUT2D eigenvalue weighted by atomic mass is 32.2. The Labute approximate surface area is 139 Å². The first-order chi connectivity index (χ1) is 11.2. The summed E-state index contributed by atoms with van der Waals surface area (Å²) in [6, 6.07) is 17.2. The number of benzene rings is 2. The van der Waals surface area contributed by atoms with Crippen LogP contribution in [0.3, 0.4) is 0 Å². The summed E-state index contributed by atoms with van der Waals surface area (Å²) in [7, 11) is 0. The van der Waals surface area contributed by atoms with Gasteiger partial charge in [0.2, 0.25) is 11.8 Å². The number of rotatable bonds is 4. The minimum atomic E-state index is -0.319. The largest absolute Gasteiger partial charge is 0.326 e. The fraction of sp³-hybridized carbons (Fsp3) is 0.222. The van der Waals surface area contributed by atoms with E-state index < -0.39 is 0 Å². The van der Waals surface area contributed by atoms with Crippen LogP contribution in [0.4, 0.5) is 11.4 Å². The molecule has 1 saturated heterocycles. The van der Waals surface area contributed by atoms with E-state index in [9.17, 15) is 9.59 Å². The van der Waals surface area contributed by atoms with Gasteiger partial charge in [0.1, 0.15) is 0 Å². The summed E-state index contributed by atoms with van der Waals surface area (Å²) in [5.41, 5.74) is 1.62. The molecular weight excluding hydrogens is 308 g/mol. The summed E-state index contributed by atoms with van der Waals surface area (Å²) >= 11 is 1.63. The second-order valence-electron chi connectivity index (χ2n) is 5.46. The molecule has 4 nitrogen and oxygen atoms in total. The molecule has 1 aliphatic heterocycles. The molecule has 5 heteroatoms. The summed E-state index contributed by atoms with van der Waals surface area (Å²) < 4.78 is 0. The van der Waals surface area contributed by atoms with Gasteiger partial charge < -0.3 is 10.2 Å². The van der Waals surface area contributed by atoms with Gasteiger partial charge in [-0.25, -0.2) is 0 Å². The van der Waals surface area contributed by atoms with Crippen LogP contribution in [0.1, 0.15) is 6.42 Å². The first kappa shape index (κ1) is 15.6. The smallest absolute Gasteiger partial charge is 0.229 e. The summed E-state index contributed by atoms with van der Waals surface area (Å²) in [6.07, 6.45) is 2.25. The van der Waals surface area contributed by atoms with Crippen LogP contribution in [0, 0.1) is 5.92 Å². The quantitative estimate of drug-likeness (QED) is 0.876. The van der Waals surface area contributed by atoms with E-state index >= 15 is 0 Å². The predicted octanol–water partition coefficient (Wildman–Crippen LogP) is 3.40. The minimum Gasteiger partial charge on any atom is -0.326 e. The second-order valence-corrected chi connectivity index (χ2v) is 6.34. The SMILES string of the molecule is CSc1cccc(NC(=O)[C@@H]2CC(=O)N(c3ccccc3)C2)c1. The first-order valence-corrected chi connectivity index (χ1v) is 8.70. The molecule has 23 heavy (non-hydrogen) atoms. The van der Waals surface area contributed by atoms with Crippen LogP contribution < -0.4 is 10.2 Å². The van der Waals surface area contributed by atoms with E-state index in [-0.39, 0.29) is 24.2 Å². The third kappa shape index (κ3) is 3.56. The average Bonchev–Trinajstić information content (AvgIpc) is 2.98. The number of hydrogen-bond acceptors (Lipinski definition) is 3. The Kier molecular flexibility index (Phi) is 4.67. The molecule has 0 unspecified atom stereocenters. The molecule has 0 radical (unpaired) electrons. The molecule has 2 aromatic rings. The van der Waals surface area contributed by atoms with Crippen molar-refractivity contribution >= 4 is 35.0 Å². The van der Waals surface area contributed by atoms with Crippen molar-refractivity contribution in [1.29, 1.82) is 0 Å². The molecule has 0 saturated carbocycles. The molecule has 118 valence electrons. The summed E-state index contributed by atoms with van der Waals surface area (Å²) in [6.45, 7) is 0.427. The van der Waals surface area contributed by atoms with E-state index in [1.807, 2.05) is 60.9 Å². The lowest BCUT2D eigenvalue weighted by atomic mass is 10.1. The van der Waals surface area contributed by atoms with Gasteiger partial charge in [-0.2, -0.15) is 0 Å². The summed E-state index contributed by atoms with van der Waals surface area (Å²) in [5, 5.41) is 2.92. The molecule has 1 atom stereocenters. The molecular formula is C18H18N2O2S. The summed E-state index contributed by atoms with van der Waals surface area (Å²) in [5.74, 6) is -0.426. The van der Waals surface area contributed by atoms with Crippen LogP contribution in [0.15, 0.2) is 59.5 Å². The lowest BCUT2D eigenvalue weighted by Crippen LogP contribution is -2.28. The van der Waals surface area contributed by atoms with Crippen molar-refractivity contribution in [2.45, 2.75) is 11.3 Å². The maximum Gasteiger partial charge on any atom is 0.229 e. The van der Waals surface area contributed by atoms with Crippen LogP contribution in [0.2, 0.25) is 0 Å². The normalized spacial score (nSPS) is 17.3. The second kappa shape index (κ2) is 6.87. The first-order valence-electron chi connectivity index (χ1n) is 7.47. The number of anilines is 2. The third-order valence-corrected chi connectivity index (χ3v) is 4.63. The van der Waals surface area contributed by atoms with Crippen molar-refractivity contribution in [2.75, 3.05) is 23.0 Å². The number of carbonyl (C=O) groups excluding carboxylic acids is 2. The maximum absolute atomic E-state index is 12.4. The molecule has 1 aliphatic rings. The van der Waals surface area contributed by atoms with Crippen LogP contribution in [0.25, 0.3) is 0 Å². The number of thioether (sulfide) groups is 1. The number of nitrogens with zero attached hydrogens (tertiary/aromatic N) is 1. The van der Waals surface area contributed by atoms with Gasteiger partial charge in [0.05, 0.1) is 5.92 Å². The van der Waals surface area contributed by atoms with Crippen LogP contribution in [0.5, 0.6) is 0 Å². The molecule has 0 bridgehead atoms. The Bertz CT molecular complexity index is 718. The molecule has 0 aliphatic carbocycles. The van der Waals surface area contributed by atoms with Gasteiger partial charge in [0.15, 0.2) is 0 Å². The molecule has 2 aromatic carbocycles. The Morgan fingerprint density at radius 2 is 1.96 bits per heavy atom. The zero-order chi connectivity index (χ0) is 16.2. The molecule has 1 heterocycles. The lowest BCUT2D eigenvalue weighted by molar-refractivity contribution is -0.122. The van der Waals surface area contributed by atoms with Crippen molar-refractivity contribution in [1.82, 2.24) is 0 Å². The Morgan fingerprint density at radius 3 is 2.70 bits per heavy atom. The van der Waals surface area contributed by atoms with Gasteiger partial charge in [0, 0.05) is 29.2 Å². The van der Waals surface area contributed by atoms with Crippen molar-refractivity contribution in [3.8, 4) is 0 Å². The molecule has 3 rings (SSSR count). The molecule has 0 spiro atoms. The fourth-order valence-corrected chi connectivity index (χ4v) is 3.15. The Hall–Kier alpha value is -2.27. The van der Waals surface area contributed by atoms with Gasteiger partial charge in [-0.3, -0.25) is 9.59 Å². The molecule has 2 amide bonds. The van der Waals surface area contributed by atoms with E-state index in [4.69, 9.17) is 0 Å². The van der Waals surface area contributed by atoms with Crippen LogP contribution >= 0.6 is 11.8 Å². The average molecular weight is 326 g/mol. The highest BCUT2D eigenvalue weighted by Crippen LogP contribution is 2.26. The standard InChI is InChI=1S/C18H18N2O2S/c1-23-16-9-5-6-14(11-16)19-18(22)13-10-17(21)20(12-13)15-7-3-2-4-8-15/h2-9,11,13H,10,12H2,1H3,(H,19,22)/t13-/m1/s1. The monoisotopic (exact) mass is 326 g/mol. The molecule has 1 N–H and O–H groups in total. The highest BCUT2D eigenvalue weighted by molar-refractivity contribution is 7.98. The third-order valence-electron chi connectivity index (χ3n) is 3.90. The fourth-order valence-electron chi connectivity index (χ4n) is 2.69. The zero-order valence-electron chi connectivity index (χ0n) is 12.9. The van der Waals surface area contributed by atoms with Crippen molar-refractivity contribution in [3.63, 3.8) is 0 Å². The number of nitrogens with one attached hydrogen (secondary N) is 1. The predicted molar refractivity (Wildman–Crippen MR) is 93.8 cm³/mol. The van der Waals surface area contributed by atoms with Crippen LogP contribution in [-0.2, 0) is 9.59 Å². The van der Waals surface area contributed by atoms with Gasteiger partial charge in [0.25, 0.3) is 0 Å². The van der Waals surface area contributed by atoms with E-state index in [2.05, 4.69) is 5.32 Å². The maximum atomic E-state index is 12.4. The number of carbonyl (C=O) groups is 2. The highest BCUT2D eigenvalue weighted by Gasteiger charge is 2.35. The molecule has 1 fully saturated rings. The number of para-hydroxylation sites is 1. The topological polar surface area (TPSA) is 49.4 Å². The van der Waals surface area contributed by atoms with Gasteiger partial charge in [-0.05, 0) is 36.6 Å². The van der Waals surface area contributed by atoms with Crippen molar-refractivity contribution in [3.05, 3.63) is 54.6 Å². The Morgan fingerprint density at radius 1 is 1.17 bits per heavy atom. The van der Waals surface area contributed by atoms with Crippen LogP contribution in [-0.4, -0.2) is 24.6 Å².